The lowest BCUT2D eigenvalue weighted by molar-refractivity contribution is -0.918. The first-order chi connectivity index (χ1) is 14.7. The number of likely N-dealkylation sites (tertiary alicyclic amines) is 1. The van der Waals surface area contributed by atoms with Gasteiger partial charge in [0.2, 0.25) is 5.91 Å². The van der Waals surface area contributed by atoms with Crippen LogP contribution < -0.4 is 15.0 Å². The molecule has 0 bridgehead atoms. The van der Waals surface area contributed by atoms with E-state index in [0.717, 1.165) is 54.5 Å². The highest BCUT2D eigenvalue weighted by atomic mass is 32.1. The number of amides is 1. The fraction of sp³-hybridized carbons (Fsp3) is 0.333. The van der Waals surface area contributed by atoms with Gasteiger partial charge in [0, 0.05) is 35.4 Å². The maximum absolute atomic E-state index is 12.5. The Bertz CT molecular complexity index is 948. The average molecular weight is 423 g/mol. The number of thiazole rings is 1. The molecular weight excluding hydrogens is 394 g/mol. The summed E-state index contributed by atoms with van der Waals surface area (Å²) in [4.78, 5) is 18.7. The first-order valence-electron chi connectivity index (χ1n) is 10.5. The molecule has 1 aromatic heterocycles. The standard InChI is InChI=1S/C24H27N3O2S/c1-29-22-9-7-19(8-10-22)24-26-21(17-30-24)15-23(28)25-20-11-13-27(14-12-20)16-18-5-3-2-4-6-18/h2-10,17,20H,11-16H2,1H3,(H,25,28)/p+1. The molecule has 5 nitrogen and oxygen atoms in total. The maximum atomic E-state index is 12.5. The SMILES string of the molecule is COc1ccc(-c2nc(CC(=O)NC3CC[NH+](Cc4ccccc4)CC3)cs2)cc1. The van der Waals surface area contributed by atoms with Gasteiger partial charge in [0.15, 0.2) is 0 Å². The van der Waals surface area contributed by atoms with E-state index < -0.39 is 0 Å². The summed E-state index contributed by atoms with van der Waals surface area (Å²) in [5, 5.41) is 6.12. The van der Waals surface area contributed by atoms with E-state index in [2.05, 4.69) is 40.6 Å². The summed E-state index contributed by atoms with van der Waals surface area (Å²) < 4.78 is 5.20. The Kier molecular flexibility index (Phi) is 6.77. The molecule has 1 aliphatic rings. The predicted molar refractivity (Wildman–Crippen MR) is 120 cm³/mol. The van der Waals surface area contributed by atoms with Crippen LogP contribution in [0.15, 0.2) is 60.0 Å². The smallest absolute Gasteiger partial charge is 0.226 e. The van der Waals surface area contributed by atoms with Crippen molar-refractivity contribution in [2.24, 2.45) is 0 Å². The molecule has 0 radical (unpaired) electrons. The lowest BCUT2D eigenvalue weighted by Crippen LogP contribution is -3.12. The molecule has 156 valence electrons. The van der Waals surface area contributed by atoms with Crippen LogP contribution in [-0.4, -0.2) is 37.1 Å². The number of carbonyl (C=O) groups excluding carboxylic acids is 1. The Hall–Kier alpha value is -2.70. The molecule has 1 fully saturated rings. The predicted octanol–water partition coefficient (Wildman–Crippen LogP) is 2.72. The highest BCUT2D eigenvalue weighted by Crippen LogP contribution is 2.25. The number of nitrogens with one attached hydrogen (secondary N) is 2. The number of carbonyl (C=O) groups is 1. The van der Waals surface area contributed by atoms with E-state index in [1.807, 2.05) is 29.6 Å². The molecular formula is C24H28N3O2S+. The van der Waals surface area contributed by atoms with Crippen LogP contribution in [-0.2, 0) is 17.8 Å². The van der Waals surface area contributed by atoms with Gasteiger partial charge in [0.05, 0.1) is 32.3 Å². The maximum Gasteiger partial charge on any atom is 0.226 e. The molecule has 4 rings (SSSR count). The van der Waals surface area contributed by atoms with Gasteiger partial charge in [-0.3, -0.25) is 4.79 Å². The number of quaternary nitrogens is 1. The number of piperidine rings is 1. The number of hydrogen-bond donors (Lipinski definition) is 2. The molecule has 0 saturated carbocycles. The zero-order valence-electron chi connectivity index (χ0n) is 17.3. The first kappa shape index (κ1) is 20.6. The van der Waals surface area contributed by atoms with Crippen molar-refractivity contribution in [1.82, 2.24) is 10.3 Å². The number of rotatable bonds is 7. The minimum absolute atomic E-state index is 0.0677. The molecule has 2 aromatic carbocycles. The second-order valence-electron chi connectivity index (χ2n) is 7.80. The summed E-state index contributed by atoms with van der Waals surface area (Å²) in [6.45, 7) is 3.25. The Morgan fingerprint density at radius 1 is 1.13 bits per heavy atom. The van der Waals surface area contributed by atoms with Crippen LogP contribution in [0.2, 0.25) is 0 Å². The summed E-state index contributed by atoms with van der Waals surface area (Å²) in [6.07, 6.45) is 2.40. The average Bonchev–Trinajstić information content (AvgIpc) is 3.24. The quantitative estimate of drug-likeness (QED) is 0.616. The highest BCUT2D eigenvalue weighted by molar-refractivity contribution is 7.13. The Morgan fingerprint density at radius 2 is 1.87 bits per heavy atom. The van der Waals surface area contributed by atoms with Gasteiger partial charge in [-0.05, 0) is 24.3 Å². The molecule has 30 heavy (non-hydrogen) atoms. The molecule has 3 aromatic rings. The summed E-state index contributed by atoms with van der Waals surface area (Å²) in [5.74, 6) is 0.893. The Morgan fingerprint density at radius 3 is 2.57 bits per heavy atom. The van der Waals surface area contributed by atoms with Crippen molar-refractivity contribution in [3.05, 3.63) is 71.2 Å². The van der Waals surface area contributed by atoms with Gasteiger partial charge in [0.25, 0.3) is 0 Å². The number of nitrogens with zero attached hydrogens (tertiary/aromatic N) is 1. The van der Waals surface area contributed by atoms with Crippen molar-refractivity contribution < 1.29 is 14.4 Å². The van der Waals surface area contributed by atoms with Crippen molar-refractivity contribution in [3.8, 4) is 16.3 Å². The molecule has 0 atom stereocenters. The van der Waals surface area contributed by atoms with Crippen molar-refractivity contribution in [1.29, 1.82) is 0 Å². The minimum Gasteiger partial charge on any atom is -0.497 e. The number of benzene rings is 2. The van der Waals surface area contributed by atoms with E-state index in [0.29, 0.717) is 6.42 Å². The van der Waals surface area contributed by atoms with Crippen LogP contribution >= 0.6 is 11.3 Å². The fourth-order valence-corrected chi connectivity index (χ4v) is 4.76. The minimum atomic E-state index is 0.0677. The lowest BCUT2D eigenvalue weighted by atomic mass is 10.0. The number of methoxy groups -OCH3 is 1. The third-order valence-electron chi connectivity index (χ3n) is 5.59. The summed E-state index contributed by atoms with van der Waals surface area (Å²) in [7, 11) is 1.66. The fourth-order valence-electron chi connectivity index (χ4n) is 3.93. The summed E-state index contributed by atoms with van der Waals surface area (Å²) >= 11 is 1.57. The van der Waals surface area contributed by atoms with Gasteiger partial charge in [-0.2, -0.15) is 0 Å². The zero-order chi connectivity index (χ0) is 20.8. The molecule has 1 saturated heterocycles. The number of ether oxygens (including phenoxy) is 1. The number of hydrogen-bond acceptors (Lipinski definition) is 4. The van der Waals surface area contributed by atoms with Gasteiger partial charge in [-0.15, -0.1) is 11.3 Å². The third kappa shape index (κ3) is 5.46. The molecule has 6 heteroatoms. The summed E-state index contributed by atoms with van der Waals surface area (Å²) in [6, 6.07) is 18.7. The van der Waals surface area contributed by atoms with Gasteiger partial charge < -0.3 is 15.0 Å². The second-order valence-corrected chi connectivity index (χ2v) is 8.66. The van der Waals surface area contributed by atoms with Crippen molar-refractivity contribution in [2.75, 3.05) is 20.2 Å². The van der Waals surface area contributed by atoms with Crippen LogP contribution in [0.5, 0.6) is 5.75 Å². The van der Waals surface area contributed by atoms with Crippen LogP contribution in [0.1, 0.15) is 24.1 Å². The molecule has 0 spiro atoms. The van der Waals surface area contributed by atoms with Gasteiger partial charge in [-0.1, -0.05) is 30.3 Å². The van der Waals surface area contributed by atoms with Gasteiger partial charge in [-0.25, -0.2) is 4.98 Å². The van der Waals surface area contributed by atoms with E-state index in [1.165, 1.54) is 5.56 Å². The topological polar surface area (TPSA) is 55.7 Å². The lowest BCUT2D eigenvalue weighted by Gasteiger charge is -2.29. The molecule has 2 N–H and O–H groups in total. The van der Waals surface area contributed by atoms with Crippen LogP contribution in [0.25, 0.3) is 10.6 Å². The van der Waals surface area contributed by atoms with E-state index in [1.54, 1.807) is 23.3 Å². The monoisotopic (exact) mass is 422 g/mol. The van der Waals surface area contributed by atoms with E-state index in [4.69, 9.17) is 4.74 Å². The highest BCUT2D eigenvalue weighted by Gasteiger charge is 2.23. The second kappa shape index (κ2) is 9.87. The molecule has 1 aliphatic heterocycles. The van der Waals surface area contributed by atoms with Gasteiger partial charge >= 0.3 is 0 Å². The zero-order valence-corrected chi connectivity index (χ0v) is 18.1. The van der Waals surface area contributed by atoms with Crippen molar-refractivity contribution in [3.63, 3.8) is 0 Å². The van der Waals surface area contributed by atoms with Crippen molar-refractivity contribution >= 4 is 17.2 Å². The molecule has 2 heterocycles. The first-order valence-corrected chi connectivity index (χ1v) is 11.3. The third-order valence-corrected chi connectivity index (χ3v) is 6.53. The van der Waals surface area contributed by atoms with E-state index >= 15 is 0 Å². The summed E-state index contributed by atoms with van der Waals surface area (Å²) in [5.41, 5.74) is 3.25. The van der Waals surface area contributed by atoms with E-state index in [-0.39, 0.29) is 11.9 Å². The van der Waals surface area contributed by atoms with Crippen molar-refractivity contribution in [2.45, 2.75) is 31.8 Å². The Labute approximate surface area is 181 Å². The number of aromatic nitrogens is 1. The molecule has 1 amide bonds. The largest absolute Gasteiger partial charge is 0.497 e. The Balaban J connectivity index is 1.24. The molecule has 0 unspecified atom stereocenters. The van der Waals surface area contributed by atoms with Crippen LogP contribution in [0, 0.1) is 0 Å². The van der Waals surface area contributed by atoms with E-state index in [9.17, 15) is 4.79 Å². The van der Waals surface area contributed by atoms with Crippen LogP contribution in [0.3, 0.4) is 0 Å². The normalized spacial score (nSPS) is 18.7. The molecule has 0 aliphatic carbocycles. The van der Waals surface area contributed by atoms with Gasteiger partial charge in [0.1, 0.15) is 17.3 Å². The van der Waals surface area contributed by atoms with Crippen LogP contribution in [0.4, 0.5) is 0 Å².